The molecular weight excluding hydrogens is 48.0 g/mol. The molecule has 0 saturated heterocycles. The third-order valence-corrected chi connectivity index (χ3v) is 0.250. The molecule has 0 aromatic heterocycles. The van der Waals surface area contributed by atoms with E-state index >= 15 is 0 Å². The van der Waals surface area contributed by atoms with Crippen molar-refractivity contribution in [3.05, 3.63) is 13.3 Å². The zero-order chi connectivity index (χ0) is 3.41. The highest BCUT2D eigenvalue weighted by molar-refractivity contribution is 4.60. The number of rotatable bonds is 1. The minimum absolute atomic E-state index is 0.958. The second kappa shape index (κ2) is 3.00. The highest BCUT2D eigenvalue weighted by atomic mass is 13.6. The van der Waals surface area contributed by atoms with E-state index in [9.17, 15) is 0 Å². The van der Waals surface area contributed by atoms with Gasteiger partial charge in [-0.2, -0.15) is 0 Å². The van der Waals surface area contributed by atoms with Gasteiger partial charge in [-0.15, -0.1) is 0 Å². The van der Waals surface area contributed by atoms with E-state index in [2.05, 4.69) is 13.3 Å². The summed E-state index contributed by atoms with van der Waals surface area (Å²) in [7, 11) is 0. The van der Waals surface area contributed by atoms with Crippen LogP contribution in [-0.4, -0.2) is 0 Å². The van der Waals surface area contributed by atoms with Crippen LogP contribution in [0.4, 0.5) is 0 Å². The predicted octanol–water partition coefficient (Wildman–Crippen LogP) is 1.31. The summed E-state index contributed by atoms with van der Waals surface area (Å²) < 4.78 is 0. The van der Waals surface area contributed by atoms with Crippen molar-refractivity contribution in [3.63, 3.8) is 0 Å². The molecule has 0 atom stereocenters. The second-order valence-electron chi connectivity index (χ2n) is 0.604. The summed E-state index contributed by atoms with van der Waals surface area (Å²) in [5, 5.41) is 0. The van der Waals surface area contributed by atoms with Gasteiger partial charge in [0.25, 0.3) is 0 Å². The average Bonchev–Trinajstić information content (AvgIpc) is 1.37. The van der Waals surface area contributed by atoms with Gasteiger partial charge in [-0.3, -0.25) is 0 Å². The summed E-state index contributed by atoms with van der Waals surface area (Å²) in [6.45, 7) is 5.36. The highest BCUT2D eigenvalue weighted by Crippen LogP contribution is 1.73. The van der Waals surface area contributed by atoms with Gasteiger partial charge >= 0.3 is 0 Å². The van der Waals surface area contributed by atoms with Crippen LogP contribution in [0, 0.1) is 13.3 Å². The van der Waals surface area contributed by atoms with Crippen molar-refractivity contribution in [3.8, 4) is 0 Å². The average molecular weight is 55.1 g/mol. The normalized spacial score (nSPS) is 7.50. The first-order chi connectivity index (χ1) is 1.91. The lowest BCUT2D eigenvalue weighted by atomic mass is 10.4. The van der Waals surface area contributed by atoms with Gasteiger partial charge in [0, 0.05) is 0 Å². The molecule has 0 amide bonds. The molecular formula is C4H7. The van der Waals surface area contributed by atoms with Crippen molar-refractivity contribution in [2.75, 3.05) is 0 Å². The Labute approximate surface area is 27.8 Å². The largest absolute Gasteiger partial charge is 0.0648 e. The van der Waals surface area contributed by atoms with Gasteiger partial charge in [-0.25, -0.2) is 0 Å². The van der Waals surface area contributed by atoms with Crippen LogP contribution in [0.15, 0.2) is 0 Å². The standard InChI is InChI=1S/C4H7/c1-3-4-2/h1,4H2,2H3. The third-order valence-electron chi connectivity index (χ3n) is 0.250. The fourth-order valence-corrected chi connectivity index (χ4v) is 0. The minimum Gasteiger partial charge on any atom is -0.0648 e. The van der Waals surface area contributed by atoms with Crippen LogP contribution >= 0.6 is 0 Å². The van der Waals surface area contributed by atoms with Crippen LogP contribution in [0.25, 0.3) is 0 Å². The van der Waals surface area contributed by atoms with E-state index in [1.807, 2.05) is 6.92 Å². The molecule has 0 N–H and O–H groups in total. The molecule has 4 heavy (non-hydrogen) atoms. The lowest BCUT2D eigenvalue weighted by Crippen LogP contribution is -1.51. The van der Waals surface area contributed by atoms with E-state index in [1.165, 1.54) is 0 Å². The molecule has 0 bridgehead atoms. The van der Waals surface area contributed by atoms with Gasteiger partial charge in [-0.1, -0.05) is 6.92 Å². The summed E-state index contributed by atoms with van der Waals surface area (Å²) >= 11 is 0. The van der Waals surface area contributed by atoms with Gasteiger partial charge in [0.1, 0.15) is 0 Å². The molecule has 0 rings (SSSR count). The summed E-state index contributed by atoms with van der Waals surface area (Å²) in [4.78, 5) is 0. The Kier molecular flexibility index (Phi) is 3.00. The number of hydrogen-bond acceptors (Lipinski definition) is 0. The summed E-state index contributed by atoms with van der Waals surface area (Å²) in [6.07, 6.45) is 3.64. The smallest absolute Gasteiger partial charge is 0.0176 e. The third kappa shape index (κ3) is 2.00. The first kappa shape index (κ1) is 4.00. The lowest BCUT2D eigenvalue weighted by Gasteiger charge is -1.66. The summed E-state index contributed by atoms with van der Waals surface area (Å²) in [5.41, 5.74) is 0. The van der Waals surface area contributed by atoms with Gasteiger partial charge in [0.2, 0.25) is 0 Å². The molecule has 0 aliphatic rings. The Morgan fingerprint density at radius 3 is 2.25 bits per heavy atom. The van der Waals surface area contributed by atoms with Crippen molar-refractivity contribution < 1.29 is 0 Å². The first-order valence-corrected chi connectivity index (χ1v) is 1.41. The Morgan fingerprint density at radius 1 is 2.00 bits per heavy atom. The molecule has 0 aromatic carbocycles. The molecule has 0 heterocycles. The molecule has 0 aliphatic heterocycles. The van der Waals surface area contributed by atoms with Crippen LogP contribution in [0.1, 0.15) is 13.3 Å². The topological polar surface area (TPSA) is 0 Å². The Balaban J connectivity index is 1.97. The molecule has 0 aromatic rings. The van der Waals surface area contributed by atoms with E-state index in [-0.39, 0.29) is 0 Å². The van der Waals surface area contributed by atoms with Crippen LogP contribution in [0.2, 0.25) is 0 Å². The predicted molar refractivity (Wildman–Crippen MR) is 18.9 cm³/mol. The van der Waals surface area contributed by atoms with Gasteiger partial charge < -0.3 is 0 Å². The van der Waals surface area contributed by atoms with E-state index in [0.29, 0.717) is 0 Å². The van der Waals surface area contributed by atoms with Crippen molar-refractivity contribution in [2.45, 2.75) is 13.3 Å². The number of unbranched alkanes of at least 4 members (excludes halogenated alkanes) is 1. The first-order valence-electron chi connectivity index (χ1n) is 1.41. The lowest BCUT2D eigenvalue weighted by molar-refractivity contribution is 1.15. The Morgan fingerprint density at radius 2 is 2.25 bits per heavy atom. The maximum Gasteiger partial charge on any atom is -0.0176 e. The van der Waals surface area contributed by atoms with Gasteiger partial charge in [0.15, 0.2) is 0 Å². The zero-order valence-corrected chi connectivity index (χ0v) is 2.91. The van der Waals surface area contributed by atoms with Gasteiger partial charge in [-0.05, 0) is 19.8 Å². The molecule has 3 radical (unpaired) electrons. The quantitative estimate of drug-likeness (QED) is 0.424. The van der Waals surface area contributed by atoms with E-state index < -0.39 is 0 Å². The van der Waals surface area contributed by atoms with Crippen molar-refractivity contribution >= 4 is 0 Å². The fraction of sp³-hybridized carbons (Fsp3) is 0.500. The van der Waals surface area contributed by atoms with Crippen LogP contribution < -0.4 is 0 Å². The van der Waals surface area contributed by atoms with E-state index in [1.54, 1.807) is 0 Å². The van der Waals surface area contributed by atoms with E-state index in [4.69, 9.17) is 0 Å². The van der Waals surface area contributed by atoms with Crippen molar-refractivity contribution in [1.29, 1.82) is 0 Å². The minimum atomic E-state index is 0.958. The van der Waals surface area contributed by atoms with Crippen LogP contribution in [0.3, 0.4) is 0 Å². The van der Waals surface area contributed by atoms with Crippen molar-refractivity contribution in [2.24, 2.45) is 0 Å². The Bertz CT molecular complexity index is 2.00. The summed E-state index contributed by atoms with van der Waals surface area (Å²) in [5.74, 6) is 0. The molecule has 23 valence electrons. The molecule has 0 heteroatoms. The fourth-order valence-electron chi connectivity index (χ4n) is 0. The zero-order valence-electron chi connectivity index (χ0n) is 2.91. The Hall–Kier alpha value is 0. The van der Waals surface area contributed by atoms with Crippen LogP contribution in [0.5, 0.6) is 0 Å². The van der Waals surface area contributed by atoms with Crippen molar-refractivity contribution in [1.82, 2.24) is 0 Å². The molecule has 0 unspecified atom stereocenters. The summed E-state index contributed by atoms with van der Waals surface area (Å²) in [6, 6.07) is 0. The maximum absolute atomic E-state index is 3.35. The maximum atomic E-state index is 3.35. The molecule has 0 saturated carbocycles. The molecule has 0 aliphatic carbocycles. The second-order valence-corrected chi connectivity index (χ2v) is 0.604. The number of hydrogen-bond donors (Lipinski definition) is 0. The highest BCUT2D eigenvalue weighted by Gasteiger charge is 1.58. The van der Waals surface area contributed by atoms with E-state index in [0.717, 1.165) is 6.42 Å². The van der Waals surface area contributed by atoms with Crippen LogP contribution in [-0.2, 0) is 0 Å². The monoisotopic (exact) mass is 55.1 g/mol. The van der Waals surface area contributed by atoms with Gasteiger partial charge in [0.05, 0.1) is 0 Å². The molecule has 0 nitrogen and oxygen atoms in total. The molecule has 0 spiro atoms. The molecule has 0 fully saturated rings. The SMILES string of the molecule is [CH2][C]CC.